The minimum atomic E-state index is -3.60. The van der Waals surface area contributed by atoms with E-state index in [0.717, 1.165) is 5.56 Å². The highest BCUT2D eigenvalue weighted by Crippen LogP contribution is 2.21. The molecule has 1 heterocycles. The van der Waals surface area contributed by atoms with Crippen molar-refractivity contribution >= 4 is 27.3 Å². The predicted octanol–water partition coefficient (Wildman–Crippen LogP) is 0.765. The van der Waals surface area contributed by atoms with Crippen LogP contribution in [0, 0.1) is 6.92 Å². The molecule has 0 aromatic heterocycles. The molecule has 5 nitrogen and oxygen atoms in total. The molecule has 1 fully saturated rings. The van der Waals surface area contributed by atoms with Crippen LogP contribution in [0.3, 0.4) is 0 Å². The third kappa shape index (κ3) is 2.97. The molecule has 0 aliphatic carbocycles. The van der Waals surface area contributed by atoms with Crippen LogP contribution < -0.4 is 5.32 Å². The van der Waals surface area contributed by atoms with Crippen LogP contribution in [-0.4, -0.2) is 50.1 Å². The molecule has 2 rings (SSSR count). The maximum absolute atomic E-state index is 12.7. The molecule has 7 heteroatoms. The van der Waals surface area contributed by atoms with Gasteiger partial charge in [0.2, 0.25) is 15.7 Å². The van der Waals surface area contributed by atoms with E-state index in [9.17, 15) is 13.2 Å². The molecule has 110 valence electrons. The zero-order valence-electron chi connectivity index (χ0n) is 11.2. The highest BCUT2D eigenvalue weighted by Gasteiger charge is 2.37. The number of piperazine rings is 1. The minimum absolute atomic E-state index is 0.208. The van der Waals surface area contributed by atoms with E-state index in [4.69, 9.17) is 11.6 Å². The number of amides is 1. The molecular weight excluding hydrogens is 300 g/mol. The van der Waals surface area contributed by atoms with Gasteiger partial charge >= 0.3 is 0 Å². The maximum Gasteiger partial charge on any atom is 0.238 e. The van der Waals surface area contributed by atoms with E-state index in [-0.39, 0.29) is 23.2 Å². The first kappa shape index (κ1) is 15.3. The van der Waals surface area contributed by atoms with Crippen LogP contribution in [0.5, 0.6) is 0 Å². The fourth-order valence-corrected chi connectivity index (χ4v) is 4.08. The molecule has 1 aromatic rings. The molecular formula is C13H17ClN2O3S. The minimum Gasteiger partial charge on any atom is -0.322 e. The molecule has 0 bridgehead atoms. The normalized spacial score (nSPS) is 19.9. The topological polar surface area (TPSA) is 66.5 Å². The zero-order chi connectivity index (χ0) is 14.8. The van der Waals surface area contributed by atoms with Gasteiger partial charge in [-0.3, -0.25) is 4.79 Å². The Labute approximate surface area is 123 Å². The Balaban J connectivity index is 2.35. The number of hydrogen-bond donors (Lipinski definition) is 1. The summed E-state index contributed by atoms with van der Waals surface area (Å²) in [6, 6.07) is 6.64. The molecule has 1 saturated heterocycles. The Morgan fingerprint density at radius 1 is 1.40 bits per heavy atom. The highest BCUT2D eigenvalue weighted by molar-refractivity contribution is 7.92. The Hall–Kier alpha value is -1.11. The van der Waals surface area contributed by atoms with Crippen LogP contribution in [0.4, 0.5) is 0 Å². The summed E-state index contributed by atoms with van der Waals surface area (Å²) in [5.74, 6) is -0.561. The lowest BCUT2D eigenvalue weighted by molar-refractivity contribution is -0.129. The number of nitrogens with one attached hydrogen (secondary N) is 1. The third-order valence-corrected chi connectivity index (χ3v) is 5.63. The van der Waals surface area contributed by atoms with Crippen LogP contribution in [0.25, 0.3) is 0 Å². The Kier molecular flexibility index (Phi) is 4.67. The summed E-state index contributed by atoms with van der Waals surface area (Å²) in [5, 5.41) is 2.12. The summed E-state index contributed by atoms with van der Waals surface area (Å²) in [7, 11) is -3.60. The van der Waals surface area contributed by atoms with E-state index >= 15 is 0 Å². The summed E-state index contributed by atoms with van der Waals surface area (Å²) in [6.45, 7) is 3.03. The van der Waals surface area contributed by atoms with Crippen molar-refractivity contribution in [2.45, 2.75) is 17.2 Å². The second-order valence-electron chi connectivity index (χ2n) is 4.74. The van der Waals surface area contributed by atoms with Crippen molar-refractivity contribution in [3.8, 4) is 0 Å². The number of rotatable bonds is 3. The Bertz CT molecular complexity index is 586. The molecule has 0 radical (unpaired) electrons. The lowest BCUT2D eigenvalue weighted by Gasteiger charge is -2.35. The van der Waals surface area contributed by atoms with Gasteiger partial charge in [0.1, 0.15) is 5.88 Å². The third-order valence-electron chi connectivity index (χ3n) is 3.34. The predicted molar refractivity (Wildman–Crippen MR) is 77.5 cm³/mol. The molecule has 1 unspecified atom stereocenters. The molecule has 20 heavy (non-hydrogen) atoms. The van der Waals surface area contributed by atoms with Crippen molar-refractivity contribution in [2.24, 2.45) is 0 Å². The molecule has 1 aliphatic rings. The van der Waals surface area contributed by atoms with Gasteiger partial charge in [0.25, 0.3) is 0 Å². The quantitative estimate of drug-likeness (QED) is 0.836. The number of carbonyl (C=O) groups excluding carboxylic acids is 1. The molecule has 1 atom stereocenters. The average molecular weight is 317 g/mol. The first-order valence-corrected chi connectivity index (χ1v) is 8.41. The average Bonchev–Trinajstić information content (AvgIpc) is 2.47. The van der Waals surface area contributed by atoms with Crippen LogP contribution in [-0.2, 0) is 14.6 Å². The van der Waals surface area contributed by atoms with Crippen molar-refractivity contribution in [3.63, 3.8) is 0 Å². The highest BCUT2D eigenvalue weighted by atomic mass is 35.5. The maximum atomic E-state index is 12.7. The van der Waals surface area contributed by atoms with Gasteiger partial charge in [-0.05, 0) is 19.1 Å². The van der Waals surface area contributed by atoms with Crippen LogP contribution in [0.15, 0.2) is 29.2 Å². The number of aryl methyl sites for hydroxylation is 1. The van der Waals surface area contributed by atoms with E-state index < -0.39 is 15.2 Å². The molecule has 1 amide bonds. The summed E-state index contributed by atoms with van der Waals surface area (Å²) < 4.78 is 25.3. The van der Waals surface area contributed by atoms with E-state index in [2.05, 4.69) is 5.32 Å². The van der Waals surface area contributed by atoms with Gasteiger partial charge in [-0.15, -0.1) is 11.6 Å². The molecule has 1 N–H and O–H groups in total. The number of nitrogens with zero attached hydrogens (tertiary/aromatic N) is 1. The van der Waals surface area contributed by atoms with E-state index in [1.807, 2.05) is 6.92 Å². The van der Waals surface area contributed by atoms with E-state index in [1.54, 1.807) is 24.3 Å². The molecule has 1 aromatic carbocycles. The Morgan fingerprint density at radius 3 is 2.65 bits per heavy atom. The van der Waals surface area contributed by atoms with Gasteiger partial charge in [-0.1, -0.05) is 17.7 Å². The van der Waals surface area contributed by atoms with E-state index in [1.165, 1.54) is 4.90 Å². The summed E-state index contributed by atoms with van der Waals surface area (Å²) in [5.41, 5.74) is 0.986. The number of sulfone groups is 1. The van der Waals surface area contributed by atoms with Gasteiger partial charge < -0.3 is 10.2 Å². The fraction of sp³-hybridized carbons (Fsp3) is 0.462. The Morgan fingerprint density at radius 2 is 2.05 bits per heavy atom. The first-order chi connectivity index (χ1) is 9.46. The SMILES string of the molecule is Cc1ccc(S(=O)(=O)C2CNCCN2C(=O)CCl)cc1. The van der Waals surface area contributed by atoms with Crippen molar-refractivity contribution in [1.82, 2.24) is 10.2 Å². The first-order valence-electron chi connectivity index (χ1n) is 6.33. The van der Waals surface area contributed by atoms with Crippen LogP contribution in [0.1, 0.15) is 5.56 Å². The number of hydrogen-bond acceptors (Lipinski definition) is 4. The van der Waals surface area contributed by atoms with Crippen molar-refractivity contribution < 1.29 is 13.2 Å². The monoisotopic (exact) mass is 316 g/mol. The van der Waals surface area contributed by atoms with Crippen molar-refractivity contribution in [1.29, 1.82) is 0 Å². The van der Waals surface area contributed by atoms with Crippen LogP contribution >= 0.6 is 11.6 Å². The molecule has 1 aliphatic heterocycles. The van der Waals surface area contributed by atoms with Crippen LogP contribution in [0.2, 0.25) is 0 Å². The zero-order valence-corrected chi connectivity index (χ0v) is 12.7. The second-order valence-corrected chi connectivity index (χ2v) is 7.11. The number of halogens is 1. The molecule has 0 saturated carbocycles. The van der Waals surface area contributed by atoms with Gasteiger partial charge in [0.15, 0.2) is 5.37 Å². The lowest BCUT2D eigenvalue weighted by atomic mass is 10.2. The van der Waals surface area contributed by atoms with Gasteiger partial charge in [-0.2, -0.15) is 0 Å². The smallest absolute Gasteiger partial charge is 0.238 e. The second kappa shape index (κ2) is 6.11. The summed E-state index contributed by atoms with van der Waals surface area (Å²) in [6.07, 6.45) is 0. The van der Waals surface area contributed by atoms with Gasteiger partial charge in [0, 0.05) is 19.6 Å². The largest absolute Gasteiger partial charge is 0.322 e. The van der Waals surface area contributed by atoms with Gasteiger partial charge in [0.05, 0.1) is 4.90 Å². The van der Waals surface area contributed by atoms with Crippen molar-refractivity contribution in [2.75, 3.05) is 25.5 Å². The molecule has 0 spiro atoms. The number of carbonyl (C=O) groups is 1. The number of benzene rings is 1. The summed E-state index contributed by atoms with van der Waals surface area (Å²) >= 11 is 5.56. The summed E-state index contributed by atoms with van der Waals surface area (Å²) in [4.78, 5) is 13.4. The van der Waals surface area contributed by atoms with Gasteiger partial charge in [-0.25, -0.2) is 8.42 Å². The lowest BCUT2D eigenvalue weighted by Crippen LogP contribution is -2.57. The standard InChI is InChI=1S/C13H17ClN2O3S/c1-10-2-4-11(5-3-10)20(18,19)13-9-15-6-7-16(13)12(17)8-14/h2-5,13,15H,6-9H2,1H3. The van der Waals surface area contributed by atoms with E-state index in [0.29, 0.717) is 13.1 Å². The van der Waals surface area contributed by atoms with Crippen molar-refractivity contribution in [3.05, 3.63) is 29.8 Å². The fourth-order valence-electron chi connectivity index (χ4n) is 2.20. The number of alkyl halides is 1.